The largest absolute Gasteiger partial charge is 0.460 e. The summed E-state index contributed by atoms with van der Waals surface area (Å²) in [6.07, 6.45) is 10.5. The van der Waals surface area contributed by atoms with Gasteiger partial charge in [-0.2, -0.15) is 0 Å². The lowest BCUT2D eigenvalue weighted by molar-refractivity contribution is 0.0868. The van der Waals surface area contributed by atoms with Crippen LogP contribution in [0.5, 0.6) is 5.75 Å². The summed E-state index contributed by atoms with van der Waals surface area (Å²) in [4.78, 5) is 23.4. The van der Waals surface area contributed by atoms with Crippen LogP contribution in [0.1, 0.15) is 72.3 Å². The zero-order valence-electron chi connectivity index (χ0n) is 25.3. The predicted octanol–water partition coefficient (Wildman–Crippen LogP) is 5.93. The fourth-order valence-corrected chi connectivity index (χ4v) is 6.98. The molecule has 1 unspecified atom stereocenters. The Kier molecular flexibility index (Phi) is 7.14. The SMILES string of the molecule is Cc1ccncc1-c1noc(C2CC2)c1C1=CC2(CCN(c3ccc4nc(C(=O)NS(C)(=O)=O)cc(OC(C)F)c4c3)CC2)C1. The molecule has 2 fully saturated rings. The molecule has 1 saturated carbocycles. The highest BCUT2D eigenvalue weighted by Crippen LogP contribution is 2.56. The van der Waals surface area contributed by atoms with E-state index in [0.29, 0.717) is 16.8 Å². The number of pyridine rings is 2. The Hall–Kier alpha value is -4.32. The monoisotopic (exact) mass is 631 g/mol. The van der Waals surface area contributed by atoms with Crippen LogP contribution in [-0.4, -0.2) is 55.2 Å². The molecule has 12 heteroatoms. The number of aromatic nitrogens is 3. The lowest BCUT2D eigenvalue weighted by Gasteiger charge is -2.47. The van der Waals surface area contributed by atoms with E-state index in [2.05, 4.69) is 33.0 Å². The van der Waals surface area contributed by atoms with E-state index in [1.54, 1.807) is 12.3 Å². The maximum atomic E-state index is 14.0. The molecule has 0 bridgehead atoms. The van der Waals surface area contributed by atoms with Gasteiger partial charge in [0.05, 0.1) is 11.8 Å². The van der Waals surface area contributed by atoms with Crippen molar-refractivity contribution in [2.75, 3.05) is 24.2 Å². The van der Waals surface area contributed by atoms with Gasteiger partial charge in [-0.1, -0.05) is 11.2 Å². The van der Waals surface area contributed by atoms with Gasteiger partial charge in [0.15, 0.2) is 0 Å². The van der Waals surface area contributed by atoms with E-state index >= 15 is 0 Å². The van der Waals surface area contributed by atoms with Crippen molar-refractivity contribution in [2.45, 2.75) is 58.2 Å². The van der Waals surface area contributed by atoms with Gasteiger partial charge in [-0.25, -0.2) is 22.5 Å². The molecule has 1 spiro atoms. The number of piperidine rings is 1. The lowest BCUT2D eigenvalue weighted by atomic mass is 9.63. The van der Waals surface area contributed by atoms with Crippen molar-refractivity contribution in [3.8, 4) is 17.0 Å². The highest BCUT2D eigenvalue weighted by Gasteiger charge is 2.44. The molecule has 1 atom stereocenters. The van der Waals surface area contributed by atoms with Gasteiger partial charge >= 0.3 is 0 Å². The normalized spacial score (nSPS) is 18.4. The van der Waals surface area contributed by atoms with E-state index < -0.39 is 22.3 Å². The van der Waals surface area contributed by atoms with Gasteiger partial charge in [0.1, 0.15) is 22.9 Å². The smallest absolute Gasteiger partial charge is 0.283 e. The van der Waals surface area contributed by atoms with Gasteiger partial charge in [-0.3, -0.25) is 9.78 Å². The third-order valence-electron chi connectivity index (χ3n) is 8.98. The second-order valence-corrected chi connectivity index (χ2v) is 14.3. The molecule has 4 aromatic rings. The number of amides is 1. The Bertz CT molecular complexity index is 1960. The highest BCUT2D eigenvalue weighted by atomic mass is 32.2. The van der Waals surface area contributed by atoms with Crippen molar-refractivity contribution < 1.29 is 26.9 Å². The number of ether oxygens (including phenoxy) is 1. The molecule has 4 heterocycles. The number of sulfonamides is 1. The maximum Gasteiger partial charge on any atom is 0.283 e. The minimum Gasteiger partial charge on any atom is -0.460 e. The van der Waals surface area contributed by atoms with Gasteiger partial charge in [-0.05, 0) is 79.8 Å². The Morgan fingerprint density at radius 1 is 1.20 bits per heavy atom. The zero-order chi connectivity index (χ0) is 31.5. The summed E-state index contributed by atoms with van der Waals surface area (Å²) < 4.78 is 50.4. The first-order chi connectivity index (χ1) is 21.5. The fraction of sp³-hybridized carbons (Fsp3) is 0.394. The molecular weight excluding hydrogens is 597 g/mol. The highest BCUT2D eigenvalue weighted by molar-refractivity contribution is 7.89. The number of benzene rings is 1. The van der Waals surface area contributed by atoms with E-state index in [9.17, 15) is 17.6 Å². The number of nitrogens with zero attached hydrogens (tertiary/aromatic N) is 4. The molecule has 45 heavy (non-hydrogen) atoms. The molecule has 1 amide bonds. The molecule has 3 aliphatic rings. The molecule has 0 radical (unpaired) electrons. The van der Waals surface area contributed by atoms with Crippen LogP contribution in [0.4, 0.5) is 10.1 Å². The summed E-state index contributed by atoms with van der Waals surface area (Å²) in [5.41, 5.74) is 6.77. The van der Waals surface area contributed by atoms with Crippen LogP contribution in [0.15, 0.2) is 53.3 Å². The summed E-state index contributed by atoms with van der Waals surface area (Å²) in [5, 5.41) is 5.06. The van der Waals surface area contributed by atoms with Crippen LogP contribution in [-0.2, 0) is 10.0 Å². The molecule has 1 saturated heterocycles. The van der Waals surface area contributed by atoms with E-state index in [4.69, 9.17) is 9.26 Å². The van der Waals surface area contributed by atoms with E-state index in [1.165, 1.54) is 18.6 Å². The summed E-state index contributed by atoms with van der Waals surface area (Å²) in [7, 11) is -3.80. The maximum absolute atomic E-state index is 14.0. The Morgan fingerprint density at radius 2 is 1.96 bits per heavy atom. The molecule has 7 rings (SSSR count). The van der Waals surface area contributed by atoms with Crippen molar-refractivity contribution in [1.82, 2.24) is 19.8 Å². The quantitative estimate of drug-likeness (QED) is 0.252. The van der Waals surface area contributed by atoms with Crippen LogP contribution >= 0.6 is 0 Å². The number of alkyl halides is 1. The first kappa shape index (κ1) is 29.4. The molecule has 1 aliphatic heterocycles. The number of allylic oxidation sites excluding steroid dienone is 2. The van der Waals surface area contributed by atoms with E-state index in [1.807, 2.05) is 29.1 Å². The number of rotatable bonds is 8. The second kappa shape index (κ2) is 10.9. The van der Waals surface area contributed by atoms with Gasteiger partial charge in [0.2, 0.25) is 16.4 Å². The summed E-state index contributed by atoms with van der Waals surface area (Å²) in [6.45, 7) is 4.98. The van der Waals surface area contributed by atoms with Gasteiger partial charge < -0.3 is 14.2 Å². The lowest BCUT2D eigenvalue weighted by Crippen LogP contribution is -2.42. The first-order valence-corrected chi connectivity index (χ1v) is 17.0. The zero-order valence-corrected chi connectivity index (χ0v) is 26.2. The van der Waals surface area contributed by atoms with Crippen molar-refractivity contribution >= 4 is 38.1 Å². The van der Waals surface area contributed by atoms with Gasteiger partial charge in [0.25, 0.3) is 5.91 Å². The minimum atomic E-state index is -3.80. The molecule has 10 nitrogen and oxygen atoms in total. The number of halogens is 1. The number of fused-ring (bicyclic) bond motifs is 1. The van der Waals surface area contributed by atoms with Crippen molar-refractivity contribution in [3.63, 3.8) is 0 Å². The molecule has 1 aromatic carbocycles. The molecule has 1 N–H and O–H groups in total. The van der Waals surface area contributed by atoms with Gasteiger partial charge in [-0.15, -0.1) is 0 Å². The summed E-state index contributed by atoms with van der Waals surface area (Å²) in [6, 6.07) is 8.83. The Balaban J connectivity index is 1.12. The number of hydrogen-bond donors (Lipinski definition) is 1. The number of nitrogens with one attached hydrogen (secondary N) is 1. The van der Waals surface area contributed by atoms with Crippen LogP contribution < -0.4 is 14.4 Å². The molecule has 2 aliphatic carbocycles. The van der Waals surface area contributed by atoms with Crippen LogP contribution in [0.3, 0.4) is 0 Å². The van der Waals surface area contributed by atoms with Crippen molar-refractivity contribution in [2.24, 2.45) is 5.41 Å². The third-order valence-corrected chi connectivity index (χ3v) is 9.54. The number of carbonyl (C=O) groups is 1. The van der Waals surface area contributed by atoms with Crippen molar-refractivity contribution in [1.29, 1.82) is 0 Å². The summed E-state index contributed by atoms with van der Waals surface area (Å²) >= 11 is 0. The van der Waals surface area contributed by atoms with Crippen LogP contribution in [0.25, 0.3) is 27.7 Å². The van der Waals surface area contributed by atoms with E-state index in [0.717, 1.165) is 85.3 Å². The molecule has 3 aromatic heterocycles. The number of anilines is 1. The first-order valence-electron chi connectivity index (χ1n) is 15.1. The topological polar surface area (TPSA) is 128 Å². The average molecular weight is 632 g/mol. The third kappa shape index (κ3) is 5.79. The number of hydrogen-bond acceptors (Lipinski definition) is 9. The summed E-state index contributed by atoms with van der Waals surface area (Å²) in [5.74, 6) is 0.663. The number of aryl methyl sites for hydroxylation is 1. The average Bonchev–Trinajstić information content (AvgIpc) is 3.73. The standard InChI is InChI=1S/C33H34FN5O5S/c1-19-8-11-35-18-25(19)30-29(31(44-37-30)21-4-5-21)22-16-33(17-22)9-12-39(13-10-33)23-6-7-26-24(14-23)28(43-20(2)34)15-27(36-26)32(40)38-45(3,41)42/h6-8,11,14-16,18,20-21H,4-5,9-10,12-13,17H2,1-3H3,(H,38,40). The van der Waals surface area contributed by atoms with Gasteiger partial charge in [0, 0.05) is 66.6 Å². The van der Waals surface area contributed by atoms with Crippen molar-refractivity contribution in [3.05, 3.63) is 71.4 Å². The molecule has 234 valence electrons. The molecular formula is C33H34FN5O5S. The Morgan fingerprint density at radius 3 is 2.62 bits per heavy atom. The number of carbonyl (C=O) groups excluding carboxylic acids is 1. The minimum absolute atomic E-state index is 0.114. The Labute approximate surface area is 260 Å². The fourth-order valence-electron chi connectivity index (χ4n) is 6.53. The van der Waals surface area contributed by atoms with E-state index in [-0.39, 0.29) is 16.9 Å². The predicted molar refractivity (Wildman–Crippen MR) is 168 cm³/mol. The second-order valence-electron chi connectivity index (χ2n) is 12.5. The van der Waals surface area contributed by atoms with Crippen LogP contribution in [0, 0.1) is 12.3 Å². The van der Waals surface area contributed by atoms with Crippen LogP contribution in [0.2, 0.25) is 0 Å².